The molecule has 0 spiro atoms. The zero-order chi connectivity index (χ0) is 20.2. The number of methoxy groups -OCH3 is 1. The van der Waals surface area contributed by atoms with Gasteiger partial charge in [0.05, 0.1) is 25.3 Å². The Bertz CT molecular complexity index is 658. The van der Waals surface area contributed by atoms with Crippen molar-refractivity contribution >= 4 is 23.3 Å². The summed E-state index contributed by atoms with van der Waals surface area (Å²) in [6.07, 6.45) is 0.991. The van der Waals surface area contributed by atoms with Crippen LogP contribution in [-0.4, -0.2) is 57.5 Å². The highest BCUT2D eigenvalue weighted by molar-refractivity contribution is 6.01. The number of nitrogens with two attached hydrogens (primary N) is 2. The Kier molecular flexibility index (Phi) is 9.66. The van der Waals surface area contributed by atoms with E-state index in [4.69, 9.17) is 16.2 Å². The molecule has 0 unspecified atom stereocenters. The summed E-state index contributed by atoms with van der Waals surface area (Å²) in [5, 5.41) is 8.77. The van der Waals surface area contributed by atoms with Gasteiger partial charge >= 0.3 is 0 Å². The molecule has 0 aliphatic rings. The monoisotopic (exact) mass is 378 g/mol. The molecule has 0 radical (unpaired) electrons. The molecule has 27 heavy (non-hydrogen) atoms. The standard InChI is InChI=1S/C18H30N6O3/c1-4-22-12-7-8-16(27-3)13(10-12)17(26)24-14(15(25)11-21-2)6-5-9-23-18(19)20/h7-8,10,14,21-22H,4-6,9,11H2,1-3H3,(H,24,26)(H4,19,20,23)/t14-/m0/s1. The topological polar surface area (TPSA) is 144 Å². The highest BCUT2D eigenvalue weighted by atomic mass is 16.5. The number of carbonyl (C=O) groups is 2. The number of nitrogens with zero attached hydrogens (tertiary/aromatic N) is 1. The fourth-order valence-corrected chi connectivity index (χ4v) is 2.55. The second-order valence-corrected chi connectivity index (χ2v) is 5.92. The van der Waals surface area contributed by atoms with Crippen LogP contribution in [0.3, 0.4) is 0 Å². The Morgan fingerprint density at radius 1 is 1.30 bits per heavy atom. The van der Waals surface area contributed by atoms with Gasteiger partial charge in [-0.1, -0.05) is 0 Å². The lowest BCUT2D eigenvalue weighted by Gasteiger charge is -2.19. The molecule has 150 valence electrons. The molecule has 9 heteroatoms. The van der Waals surface area contributed by atoms with Gasteiger partial charge in [-0.25, -0.2) is 0 Å². The lowest BCUT2D eigenvalue weighted by atomic mass is 10.0. The van der Waals surface area contributed by atoms with E-state index in [2.05, 4.69) is 20.9 Å². The molecule has 1 aromatic carbocycles. The van der Waals surface area contributed by atoms with Gasteiger partial charge < -0.3 is 32.2 Å². The molecular formula is C18H30N6O3. The number of carbonyl (C=O) groups excluding carboxylic acids is 2. The van der Waals surface area contributed by atoms with Gasteiger partial charge in [0.15, 0.2) is 11.7 Å². The molecule has 1 aromatic rings. The van der Waals surface area contributed by atoms with Gasteiger partial charge in [0, 0.05) is 18.8 Å². The summed E-state index contributed by atoms with van der Waals surface area (Å²) in [5.41, 5.74) is 11.8. The average molecular weight is 378 g/mol. The zero-order valence-corrected chi connectivity index (χ0v) is 16.2. The van der Waals surface area contributed by atoms with E-state index in [1.165, 1.54) is 7.11 Å². The Labute approximate surface area is 159 Å². The van der Waals surface area contributed by atoms with Gasteiger partial charge in [-0.15, -0.1) is 0 Å². The number of ether oxygens (including phenoxy) is 1. The summed E-state index contributed by atoms with van der Waals surface area (Å²) in [7, 11) is 3.18. The number of hydrogen-bond acceptors (Lipinski definition) is 6. The van der Waals surface area contributed by atoms with Crippen molar-refractivity contribution in [2.45, 2.75) is 25.8 Å². The average Bonchev–Trinajstić information content (AvgIpc) is 2.64. The molecule has 7 N–H and O–H groups in total. The van der Waals surface area contributed by atoms with Gasteiger partial charge in [0.2, 0.25) is 0 Å². The molecular weight excluding hydrogens is 348 g/mol. The summed E-state index contributed by atoms with van der Waals surface area (Å²) >= 11 is 0. The summed E-state index contributed by atoms with van der Waals surface area (Å²) in [6.45, 7) is 3.23. The van der Waals surface area contributed by atoms with E-state index in [0.29, 0.717) is 30.7 Å². The van der Waals surface area contributed by atoms with Crippen molar-refractivity contribution in [3.63, 3.8) is 0 Å². The molecule has 0 saturated carbocycles. The van der Waals surface area contributed by atoms with Crippen molar-refractivity contribution in [2.24, 2.45) is 16.5 Å². The highest BCUT2D eigenvalue weighted by Gasteiger charge is 2.22. The number of hydrogen-bond donors (Lipinski definition) is 5. The minimum atomic E-state index is -0.647. The molecule has 1 amide bonds. The summed E-state index contributed by atoms with van der Waals surface area (Å²) in [5.74, 6) is -0.0446. The first-order valence-electron chi connectivity index (χ1n) is 8.88. The quantitative estimate of drug-likeness (QED) is 0.197. The fourth-order valence-electron chi connectivity index (χ4n) is 2.55. The van der Waals surface area contributed by atoms with Crippen molar-refractivity contribution in [3.05, 3.63) is 23.8 Å². The van der Waals surface area contributed by atoms with Gasteiger partial charge in [0.25, 0.3) is 5.91 Å². The number of benzene rings is 1. The molecule has 0 aliphatic heterocycles. The number of guanidine groups is 1. The van der Waals surface area contributed by atoms with Crippen molar-refractivity contribution in [2.75, 3.05) is 39.1 Å². The van der Waals surface area contributed by atoms with Crippen LogP contribution in [0.15, 0.2) is 23.2 Å². The molecule has 0 aliphatic carbocycles. The molecule has 9 nitrogen and oxygen atoms in total. The minimum absolute atomic E-state index is 0.00196. The van der Waals surface area contributed by atoms with Gasteiger partial charge in [0.1, 0.15) is 5.75 Å². The van der Waals surface area contributed by atoms with Gasteiger partial charge in [-0.2, -0.15) is 0 Å². The van der Waals surface area contributed by atoms with E-state index >= 15 is 0 Å². The lowest BCUT2D eigenvalue weighted by Crippen LogP contribution is -2.44. The van der Waals surface area contributed by atoms with Crippen LogP contribution in [0, 0.1) is 0 Å². The van der Waals surface area contributed by atoms with Gasteiger partial charge in [-0.3, -0.25) is 14.6 Å². The van der Waals surface area contributed by atoms with Crippen molar-refractivity contribution in [1.82, 2.24) is 10.6 Å². The Hall–Kier alpha value is -2.81. The second kappa shape index (κ2) is 11.7. The summed E-state index contributed by atoms with van der Waals surface area (Å²) in [4.78, 5) is 29.0. The van der Waals surface area contributed by atoms with Crippen LogP contribution >= 0.6 is 0 Å². The third-order valence-electron chi connectivity index (χ3n) is 3.82. The summed E-state index contributed by atoms with van der Waals surface area (Å²) in [6, 6.07) is 4.61. The molecule has 0 aromatic heterocycles. The molecule has 0 bridgehead atoms. The number of amides is 1. The van der Waals surface area contributed by atoms with Crippen LogP contribution < -0.4 is 32.2 Å². The largest absolute Gasteiger partial charge is 0.496 e. The summed E-state index contributed by atoms with van der Waals surface area (Å²) < 4.78 is 5.28. The van der Waals surface area contributed by atoms with Crippen LogP contribution in [0.25, 0.3) is 0 Å². The predicted molar refractivity (Wildman–Crippen MR) is 107 cm³/mol. The predicted octanol–water partition coefficient (Wildman–Crippen LogP) is 0.0675. The number of anilines is 1. The maximum Gasteiger partial charge on any atom is 0.255 e. The van der Waals surface area contributed by atoms with E-state index in [1.54, 1.807) is 19.2 Å². The van der Waals surface area contributed by atoms with E-state index in [-0.39, 0.29) is 24.2 Å². The first-order chi connectivity index (χ1) is 12.9. The smallest absolute Gasteiger partial charge is 0.255 e. The number of nitrogens with one attached hydrogen (secondary N) is 3. The fraction of sp³-hybridized carbons (Fsp3) is 0.500. The second-order valence-electron chi connectivity index (χ2n) is 5.92. The van der Waals surface area contributed by atoms with E-state index in [0.717, 1.165) is 12.2 Å². The van der Waals surface area contributed by atoms with Crippen LogP contribution in [0.2, 0.25) is 0 Å². The Morgan fingerprint density at radius 3 is 2.63 bits per heavy atom. The number of aliphatic imine (C=N–C) groups is 1. The highest BCUT2D eigenvalue weighted by Crippen LogP contribution is 2.23. The number of Topliss-reactive ketones (excluding diaryl/α,β-unsaturated/α-hetero) is 1. The number of likely N-dealkylation sites (N-methyl/N-ethyl adjacent to an activating group) is 1. The number of rotatable bonds is 12. The zero-order valence-electron chi connectivity index (χ0n) is 16.2. The van der Waals surface area contributed by atoms with Gasteiger partial charge in [-0.05, 0) is 45.0 Å². The Balaban J connectivity index is 2.92. The van der Waals surface area contributed by atoms with Crippen LogP contribution in [0.1, 0.15) is 30.1 Å². The van der Waals surface area contributed by atoms with E-state index < -0.39 is 6.04 Å². The lowest BCUT2D eigenvalue weighted by molar-refractivity contribution is -0.120. The maximum absolute atomic E-state index is 12.8. The maximum atomic E-state index is 12.8. The Morgan fingerprint density at radius 2 is 2.04 bits per heavy atom. The van der Waals surface area contributed by atoms with Crippen molar-refractivity contribution in [1.29, 1.82) is 0 Å². The normalized spacial score (nSPS) is 11.4. The first-order valence-corrected chi connectivity index (χ1v) is 8.88. The molecule has 1 atom stereocenters. The molecule has 0 heterocycles. The number of ketones is 1. The van der Waals surface area contributed by atoms with Crippen LogP contribution in [0.4, 0.5) is 5.69 Å². The molecule has 1 rings (SSSR count). The van der Waals surface area contributed by atoms with E-state index in [1.807, 2.05) is 13.0 Å². The van der Waals surface area contributed by atoms with Crippen molar-refractivity contribution < 1.29 is 14.3 Å². The first kappa shape index (κ1) is 22.2. The van der Waals surface area contributed by atoms with Crippen LogP contribution in [0.5, 0.6) is 5.75 Å². The van der Waals surface area contributed by atoms with Crippen molar-refractivity contribution in [3.8, 4) is 5.75 Å². The SMILES string of the molecule is CCNc1ccc(OC)c(C(=O)N[C@@H](CCCN=C(N)N)C(=O)CNC)c1. The molecule has 0 fully saturated rings. The third kappa shape index (κ3) is 7.53. The van der Waals surface area contributed by atoms with E-state index in [9.17, 15) is 9.59 Å². The minimum Gasteiger partial charge on any atom is -0.496 e. The third-order valence-corrected chi connectivity index (χ3v) is 3.82. The molecule has 0 saturated heterocycles. The van der Waals surface area contributed by atoms with Crippen LogP contribution in [-0.2, 0) is 4.79 Å².